The molecule has 0 spiro atoms. The number of carbonyl (C=O) groups is 2. The van der Waals surface area contributed by atoms with Crippen molar-refractivity contribution in [3.05, 3.63) is 71.8 Å². The Bertz CT molecular complexity index is 842. The maximum absolute atomic E-state index is 12.8. The first-order valence-electron chi connectivity index (χ1n) is 11.4. The smallest absolute Gasteiger partial charge is 0.408 e. The van der Waals surface area contributed by atoms with Gasteiger partial charge in [-0.05, 0) is 36.8 Å². The molecule has 0 aliphatic carbocycles. The van der Waals surface area contributed by atoms with Gasteiger partial charge in [0.05, 0.1) is 6.61 Å². The number of esters is 1. The molecule has 0 radical (unpaired) electrons. The predicted octanol–water partition coefficient (Wildman–Crippen LogP) is 4.52. The molecule has 0 unspecified atom stereocenters. The number of rotatable bonds is 7. The lowest BCUT2D eigenvalue weighted by molar-refractivity contribution is -0.154. The van der Waals surface area contributed by atoms with E-state index in [1.165, 1.54) is 5.56 Å². The molecule has 1 aliphatic rings. The first-order valence-corrected chi connectivity index (χ1v) is 11.4. The molecular formula is C26H33NO5. The summed E-state index contributed by atoms with van der Waals surface area (Å²) in [5.41, 5.74) is 2.08. The van der Waals surface area contributed by atoms with Gasteiger partial charge in [-0.2, -0.15) is 0 Å². The fourth-order valence-electron chi connectivity index (χ4n) is 4.16. The van der Waals surface area contributed by atoms with E-state index in [-0.39, 0.29) is 31.2 Å². The van der Waals surface area contributed by atoms with E-state index >= 15 is 0 Å². The number of cyclic esters (lactones) is 1. The normalized spacial score (nSPS) is 23.9. The molecule has 0 saturated carbocycles. The summed E-state index contributed by atoms with van der Waals surface area (Å²) in [5, 5.41) is 2.61. The van der Waals surface area contributed by atoms with Crippen LogP contribution in [0.3, 0.4) is 0 Å². The van der Waals surface area contributed by atoms with Crippen LogP contribution in [0.25, 0.3) is 0 Å². The van der Waals surface area contributed by atoms with Crippen LogP contribution in [0.15, 0.2) is 60.7 Å². The number of alkyl carbamates (subject to hydrolysis) is 1. The van der Waals surface area contributed by atoms with Crippen molar-refractivity contribution in [3.63, 3.8) is 0 Å². The summed E-state index contributed by atoms with van der Waals surface area (Å²) in [5.74, 6) is -0.110. The molecule has 1 saturated heterocycles. The van der Waals surface area contributed by atoms with Gasteiger partial charge in [0.25, 0.3) is 0 Å². The third-order valence-corrected chi connectivity index (χ3v) is 5.89. The first kappa shape index (κ1) is 23.8. The maximum atomic E-state index is 12.8. The van der Waals surface area contributed by atoms with E-state index < -0.39 is 18.1 Å². The summed E-state index contributed by atoms with van der Waals surface area (Å²) in [6, 6.07) is 18.7. The Morgan fingerprint density at radius 1 is 1.03 bits per heavy atom. The van der Waals surface area contributed by atoms with Crippen LogP contribution < -0.4 is 5.32 Å². The average Bonchev–Trinajstić information content (AvgIpc) is 2.85. The summed E-state index contributed by atoms with van der Waals surface area (Å²) in [4.78, 5) is 25.1. The summed E-state index contributed by atoms with van der Waals surface area (Å²) >= 11 is 0. The van der Waals surface area contributed by atoms with Gasteiger partial charge >= 0.3 is 12.1 Å². The van der Waals surface area contributed by atoms with Crippen molar-refractivity contribution in [2.24, 2.45) is 11.8 Å². The summed E-state index contributed by atoms with van der Waals surface area (Å²) in [6.45, 7) is 4.79. The Labute approximate surface area is 190 Å². The van der Waals surface area contributed by atoms with Crippen LogP contribution in [-0.2, 0) is 32.0 Å². The zero-order valence-electron chi connectivity index (χ0n) is 18.9. The minimum atomic E-state index is -0.904. The SMILES string of the molecule is CCC[C@H]1COC[C@H](NC(=O)OCc2ccccc2)C(=O)O[C@@H](C)[C@@H]1Cc1ccccc1. The molecule has 0 aromatic heterocycles. The molecule has 2 aromatic rings. The number of hydrogen-bond donors (Lipinski definition) is 1. The molecule has 172 valence electrons. The van der Waals surface area contributed by atoms with Crippen LogP contribution in [0.2, 0.25) is 0 Å². The van der Waals surface area contributed by atoms with Crippen molar-refractivity contribution >= 4 is 12.1 Å². The lowest BCUT2D eigenvalue weighted by Crippen LogP contribution is -2.46. The highest BCUT2D eigenvalue weighted by molar-refractivity contribution is 5.81. The summed E-state index contributed by atoms with van der Waals surface area (Å²) in [6.07, 6.45) is 1.84. The third kappa shape index (κ3) is 7.09. The second-order valence-corrected chi connectivity index (χ2v) is 8.34. The largest absolute Gasteiger partial charge is 0.461 e. The highest BCUT2D eigenvalue weighted by atomic mass is 16.6. The molecule has 1 N–H and O–H groups in total. The lowest BCUT2D eigenvalue weighted by atomic mass is 9.81. The highest BCUT2D eigenvalue weighted by Crippen LogP contribution is 2.29. The molecule has 4 atom stereocenters. The van der Waals surface area contributed by atoms with Crippen molar-refractivity contribution in [3.8, 4) is 0 Å². The first-order chi connectivity index (χ1) is 15.6. The number of ether oxygens (including phenoxy) is 3. The van der Waals surface area contributed by atoms with E-state index in [1.54, 1.807) is 0 Å². The number of amides is 1. The fourth-order valence-corrected chi connectivity index (χ4v) is 4.16. The molecule has 1 heterocycles. The van der Waals surface area contributed by atoms with E-state index in [1.807, 2.05) is 55.5 Å². The van der Waals surface area contributed by atoms with Crippen LogP contribution in [-0.4, -0.2) is 37.4 Å². The number of carbonyl (C=O) groups excluding carboxylic acids is 2. The Morgan fingerprint density at radius 2 is 1.69 bits per heavy atom. The average molecular weight is 440 g/mol. The van der Waals surface area contributed by atoms with E-state index in [9.17, 15) is 9.59 Å². The standard InChI is InChI=1S/C26H33NO5/c1-3-10-22-17-30-18-24(27-26(29)31-16-21-13-8-5-9-14-21)25(28)32-19(2)23(22)15-20-11-6-4-7-12-20/h4-9,11-14,19,22-24H,3,10,15-18H2,1-2H3,(H,27,29)/t19-,22-,23-,24-/m0/s1. The van der Waals surface area contributed by atoms with E-state index in [2.05, 4.69) is 24.4 Å². The number of nitrogens with one attached hydrogen (secondary N) is 1. The minimum absolute atomic E-state index is 0.0598. The summed E-state index contributed by atoms with van der Waals surface area (Å²) < 4.78 is 17.0. The number of hydrogen-bond acceptors (Lipinski definition) is 5. The van der Waals surface area contributed by atoms with E-state index in [0.29, 0.717) is 6.61 Å². The van der Waals surface area contributed by atoms with Crippen LogP contribution in [0, 0.1) is 11.8 Å². The van der Waals surface area contributed by atoms with Crippen LogP contribution in [0.1, 0.15) is 37.8 Å². The lowest BCUT2D eigenvalue weighted by Gasteiger charge is -2.30. The van der Waals surface area contributed by atoms with Crippen LogP contribution in [0.5, 0.6) is 0 Å². The quantitative estimate of drug-likeness (QED) is 0.642. The van der Waals surface area contributed by atoms with E-state index in [4.69, 9.17) is 14.2 Å². The van der Waals surface area contributed by atoms with E-state index in [0.717, 1.165) is 24.8 Å². The molecule has 6 heteroatoms. The van der Waals surface area contributed by atoms with Crippen LogP contribution >= 0.6 is 0 Å². The second-order valence-electron chi connectivity index (χ2n) is 8.34. The fraction of sp³-hybridized carbons (Fsp3) is 0.462. The van der Waals surface area contributed by atoms with Crippen molar-refractivity contribution in [1.82, 2.24) is 5.32 Å². The van der Waals surface area contributed by atoms with Gasteiger partial charge in [0, 0.05) is 12.5 Å². The zero-order valence-corrected chi connectivity index (χ0v) is 18.9. The molecular weight excluding hydrogens is 406 g/mol. The zero-order chi connectivity index (χ0) is 22.8. The molecule has 3 rings (SSSR count). The minimum Gasteiger partial charge on any atom is -0.461 e. The highest BCUT2D eigenvalue weighted by Gasteiger charge is 2.34. The monoisotopic (exact) mass is 439 g/mol. The van der Waals surface area contributed by atoms with Crippen molar-refractivity contribution in [2.45, 2.75) is 51.9 Å². The molecule has 1 aliphatic heterocycles. The Hall–Kier alpha value is -2.86. The second kappa shape index (κ2) is 12.2. The number of benzene rings is 2. The Morgan fingerprint density at radius 3 is 2.34 bits per heavy atom. The molecule has 6 nitrogen and oxygen atoms in total. The van der Waals surface area contributed by atoms with Crippen molar-refractivity contribution < 1.29 is 23.8 Å². The maximum Gasteiger partial charge on any atom is 0.408 e. The van der Waals surface area contributed by atoms with Gasteiger partial charge in [0.2, 0.25) is 0 Å². The van der Waals surface area contributed by atoms with Gasteiger partial charge in [-0.3, -0.25) is 0 Å². The van der Waals surface area contributed by atoms with Crippen molar-refractivity contribution in [2.75, 3.05) is 13.2 Å². The Kier molecular flexibility index (Phi) is 9.11. The third-order valence-electron chi connectivity index (χ3n) is 5.89. The van der Waals surface area contributed by atoms with Gasteiger partial charge in [0.15, 0.2) is 6.04 Å². The van der Waals surface area contributed by atoms with Gasteiger partial charge in [0.1, 0.15) is 12.7 Å². The molecule has 0 bridgehead atoms. The van der Waals surface area contributed by atoms with Crippen molar-refractivity contribution in [1.29, 1.82) is 0 Å². The summed E-state index contributed by atoms with van der Waals surface area (Å²) in [7, 11) is 0. The van der Waals surface area contributed by atoms with Gasteiger partial charge in [-0.25, -0.2) is 9.59 Å². The molecule has 32 heavy (non-hydrogen) atoms. The van der Waals surface area contributed by atoms with Gasteiger partial charge in [-0.15, -0.1) is 0 Å². The molecule has 1 fully saturated rings. The van der Waals surface area contributed by atoms with Crippen LogP contribution in [0.4, 0.5) is 4.79 Å². The Balaban J connectivity index is 1.63. The van der Waals surface area contributed by atoms with Gasteiger partial charge in [-0.1, -0.05) is 74.0 Å². The predicted molar refractivity (Wildman–Crippen MR) is 122 cm³/mol. The molecule has 1 amide bonds. The van der Waals surface area contributed by atoms with Gasteiger partial charge < -0.3 is 19.5 Å². The molecule has 2 aromatic carbocycles. The topological polar surface area (TPSA) is 73.9 Å².